The highest BCUT2D eigenvalue weighted by Crippen LogP contribution is 2.47. The monoisotopic (exact) mass is 687 g/mol. The van der Waals surface area contributed by atoms with Crippen molar-refractivity contribution in [1.29, 1.82) is 0 Å². The van der Waals surface area contributed by atoms with Crippen LogP contribution in [0.25, 0.3) is 12.2 Å². The minimum Gasteiger partial charge on any atom is -0.295 e. The van der Waals surface area contributed by atoms with Crippen LogP contribution in [0.1, 0.15) is 40.6 Å². The number of rotatable bonds is 9. The maximum atomic E-state index is 13.7. The summed E-state index contributed by atoms with van der Waals surface area (Å²) in [5.41, 5.74) is 7.23. The average Bonchev–Trinajstić information content (AvgIpc) is 3.52. The lowest BCUT2D eigenvalue weighted by atomic mass is 9.79. The van der Waals surface area contributed by atoms with Gasteiger partial charge in [-0.25, -0.2) is 10.0 Å². The largest absolute Gasteiger partial charge is 0.295 e. The summed E-state index contributed by atoms with van der Waals surface area (Å²) in [7, 11) is 0. The third kappa shape index (κ3) is 7.63. The summed E-state index contributed by atoms with van der Waals surface area (Å²) in [6, 6.07) is 30.0. The fourth-order valence-corrected chi connectivity index (χ4v) is 6.43. The Morgan fingerprint density at radius 1 is 0.733 bits per heavy atom. The van der Waals surface area contributed by atoms with E-state index >= 15 is 0 Å². The summed E-state index contributed by atoms with van der Waals surface area (Å²) in [6.45, 7) is 0. The van der Waals surface area contributed by atoms with Crippen LogP contribution < -0.4 is 0 Å². The van der Waals surface area contributed by atoms with Gasteiger partial charge in [-0.05, 0) is 100 Å². The number of carbonyl (C=O) groups is 1. The summed E-state index contributed by atoms with van der Waals surface area (Å²) >= 11 is 26.3. The van der Waals surface area contributed by atoms with Gasteiger partial charge in [0.25, 0.3) is 0 Å². The number of halogens is 4. The zero-order valence-corrected chi connectivity index (χ0v) is 27.5. The Morgan fingerprint density at radius 2 is 1.27 bits per heavy atom. The van der Waals surface area contributed by atoms with E-state index in [1.807, 2.05) is 108 Å². The number of carbonyl (C=O) groups excluding carboxylic acids is 1. The second-order valence-electron chi connectivity index (χ2n) is 10.4. The molecule has 0 bridgehead atoms. The van der Waals surface area contributed by atoms with E-state index in [9.17, 15) is 4.79 Å². The number of thioether (sulfide) groups is 1. The average molecular weight is 689 g/mol. The van der Waals surface area contributed by atoms with E-state index in [-0.39, 0.29) is 24.2 Å². The number of benzene rings is 4. The van der Waals surface area contributed by atoms with Crippen LogP contribution in [0.4, 0.5) is 0 Å². The number of aliphatic imine (C=N–C) groups is 1. The number of hydrogen-bond donors (Lipinski definition) is 0. The molecule has 4 aromatic rings. The molecule has 2 aliphatic heterocycles. The molecule has 2 heterocycles. The van der Waals surface area contributed by atoms with Crippen molar-refractivity contribution in [2.45, 2.75) is 18.4 Å². The van der Waals surface area contributed by atoms with E-state index < -0.39 is 0 Å². The van der Waals surface area contributed by atoms with E-state index in [1.165, 1.54) is 11.8 Å². The minimum atomic E-state index is -0.360. The van der Waals surface area contributed by atoms with Gasteiger partial charge in [0, 0.05) is 32.4 Å². The number of nitrogens with zero attached hydrogens (tertiary/aromatic N) is 3. The molecule has 4 aromatic carbocycles. The van der Waals surface area contributed by atoms with Crippen LogP contribution in [0.15, 0.2) is 131 Å². The molecule has 0 fully saturated rings. The summed E-state index contributed by atoms with van der Waals surface area (Å²) in [6.07, 6.45) is 7.63. The third-order valence-electron chi connectivity index (χ3n) is 7.45. The van der Waals surface area contributed by atoms with Crippen molar-refractivity contribution in [3.63, 3.8) is 0 Å². The second-order valence-corrected chi connectivity index (χ2v) is 13.0. The molecular weight excluding hydrogens is 664 g/mol. The van der Waals surface area contributed by atoms with Crippen molar-refractivity contribution >= 4 is 86.8 Å². The maximum Gasteiger partial charge on any atom is 0.191 e. The first-order chi connectivity index (χ1) is 21.8. The van der Waals surface area contributed by atoms with Crippen molar-refractivity contribution in [2.24, 2.45) is 10.1 Å². The molecule has 0 aromatic heterocycles. The summed E-state index contributed by atoms with van der Waals surface area (Å²) in [5, 5.41) is 9.92. The van der Waals surface area contributed by atoms with E-state index in [2.05, 4.69) is 0 Å². The summed E-state index contributed by atoms with van der Waals surface area (Å²) < 4.78 is 0. The third-order valence-corrected chi connectivity index (χ3v) is 9.15. The number of fused-ring (bicyclic) bond motifs is 1. The molecule has 45 heavy (non-hydrogen) atoms. The molecule has 4 nitrogen and oxygen atoms in total. The molecule has 2 atom stereocenters. The molecule has 0 aliphatic carbocycles. The van der Waals surface area contributed by atoms with Gasteiger partial charge in [0.2, 0.25) is 0 Å². The number of hydrogen-bond acceptors (Lipinski definition) is 5. The molecule has 0 spiro atoms. The Hall–Kier alpha value is -3.58. The molecule has 0 saturated heterocycles. The van der Waals surface area contributed by atoms with E-state index in [4.69, 9.17) is 56.5 Å². The Morgan fingerprint density at radius 3 is 1.87 bits per heavy atom. The number of amidine groups is 1. The SMILES string of the molecule is O=C(/C=C/c1ccc(Cl)cc1)CC(C1=C(/C=C/c2ccc(Cl)cc2)N=C2SC=NN2C1c1ccc(Cl)cc1)c1ccc(Cl)cc1. The fraction of sp³-hybridized carbons (Fsp3) is 0.0833. The molecule has 6 rings (SSSR count). The highest BCUT2D eigenvalue weighted by Gasteiger charge is 2.39. The van der Waals surface area contributed by atoms with Crippen LogP contribution in [0.3, 0.4) is 0 Å². The maximum absolute atomic E-state index is 13.7. The van der Waals surface area contributed by atoms with Gasteiger partial charge in [-0.2, -0.15) is 5.10 Å². The predicted octanol–water partition coefficient (Wildman–Crippen LogP) is 11.1. The molecule has 9 heteroatoms. The van der Waals surface area contributed by atoms with E-state index in [0.717, 1.165) is 38.7 Å². The molecule has 2 unspecified atom stereocenters. The Labute approximate surface area is 286 Å². The topological polar surface area (TPSA) is 45.0 Å². The van der Waals surface area contributed by atoms with Crippen LogP contribution in [0, 0.1) is 0 Å². The van der Waals surface area contributed by atoms with Gasteiger partial charge in [-0.3, -0.25) is 4.79 Å². The highest BCUT2D eigenvalue weighted by atomic mass is 35.5. The lowest BCUT2D eigenvalue weighted by Gasteiger charge is -2.37. The first kappa shape index (κ1) is 31.4. The molecule has 0 amide bonds. The van der Waals surface area contributed by atoms with Crippen LogP contribution in [-0.2, 0) is 4.79 Å². The first-order valence-corrected chi connectivity index (χ1v) is 16.5. The zero-order chi connectivity index (χ0) is 31.3. The van der Waals surface area contributed by atoms with Crippen LogP contribution >= 0.6 is 58.2 Å². The molecular formula is C36H25Cl4N3OS. The van der Waals surface area contributed by atoms with Gasteiger partial charge in [-0.15, -0.1) is 0 Å². The van der Waals surface area contributed by atoms with Crippen molar-refractivity contribution in [3.8, 4) is 0 Å². The molecule has 2 aliphatic rings. The molecule has 224 valence electrons. The summed E-state index contributed by atoms with van der Waals surface area (Å²) in [4.78, 5) is 18.8. The first-order valence-electron chi connectivity index (χ1n) is 14.1. The Bertz CT molecular complexity index is 1850. The van der Waals surface area contributed by atoms with Crippen molar-refractivity contribution in [1.82, 2.24) is 5.01 Å². The molecule has 0 N–H and O–H groups in total. The number of allylic oxidation sites excluding steroid dienone is 2. The minimum absolute atomic E-state index is 0.0395. The van der Waals surface area contributed by atoms with Crippen LogP contribution in [0.2, 0.25) is 20.1 Å². The van der Waals surface area contributed by atoms with Gasteiger partial charge in [0.15, 0.2) is 11.0 Å². The summed E-state index contributed by atoms with van der Waals surface area (Å²) in [5.74, 6) is -0.399. The fourth-order valence-electron chi connectivity index (χ4n) is 5.27. The second kappa shape index (κ2) is 14.2. The quantitative estimate of drug-likeness (QED) is 0.164. The highest BCUT2D eigenvalue weighted by molar-refractivity contribution is 8.25. The van der Waals surface area contributed by atoms with Gasteiger partial charge in [0.05, 0.1) is 11.2 Å². The lowest BCUT2D eigenvalue weighted by molar-refractivity contribution is -0.114. The molecule has 0 saturated carbocycles. The van der Waals surface area contributed by atoms with E-state index in [1.54, 1.807) is 23.8 Å². The van der Waals surface area contributed by atoms with E-state index in [0.29, 0.717) is 20.1 Å². The Kier molecular flexibility index (Phi) is 9.94. The zero-order valence-electron chi connectivity index (χ0n) is 23.7. The normalized spacial score (nSPS) is 16.8. The van der Waals surface area contributed by atoms with Crippen molar-refractivity contribution in [3.05, 3.63) is 163 Å². The smallest absolute Gasteiger partial charge is 0.191 e. The predicted molar refractivity (Wildman–Crippen MR) is 191 cm³/mol. The van der Waals surface area contributed by atoms with Gasteiger partial charge in [0.1, 0.15) is 6.04 Å². The standard InChI is InChI=1S/C36H25Cl4N3OS/c37-27-11-1-23(2-12-27)5-19-31(44)21-32(25-7-15-29(39)16-8-25)34-33(20-6-24-3-13-28(38)14-4-24)42-36-43(41-22-45-36)35(34)26-9-17-30(40)18-10-26/h1-20,22,32,35H,21H2/b19-5+,20-6+. The lowest BCUT2D eigenvalue weighted by Crippen LogP contribution is -2.33. The number of ketones is 1. The van der Waals surface area contributed by atoms with Crippen molar-refractivity contribution < 1.29 is 4.79 Å². The van der Waals surface area contributed by atoms with Crippen LogP contribution in [0.5, 0.6) is 0 Å². The molecule has 0 radical (unpaired) electrons. The van der Waals surface area contributed by atoms with Crippen LogP contribution in [-0.4, -0.2) is 21.5 Å². The van der Waals surface area contributed by atoms with Gasteiger partial charge < -0.3 is 0 Å². The van der Waals surface area contributed by atoms with Gasteiger partial charge >= 0.3 is 0 Å². The number of hydrazone groups is 1. The Balaban J connectivity index is 1.50. The van der Waals surface area contributed by atoms with Gasteiger partial charge in [-0.1, -0.05) is 107 Å². The van der Waals surface area contributed by atoms with Crippen molar-refractivity contribution in [2.75, 3.05) is 0 Å².